The van der Waals surface area contributed by atoms with Crippen molar-refractivity contribution in [1.29, 1.82) is 0 Å². The predicted molar refractivity (Wildman–Crippen MR) is 151 cm³/mol. The van der Waals surface area contributed by atoms with Gasteiger partial charge in [-0.2, -0.15) is 26.3 Å². The Morgan fingerprint density at radius 1 is 0.977 bits per heavy atom. The third kappa shape index (κ3) is 6.31. The van der Waals surface area contributed by atoms with Gasteiger partial charge in [0.25, 0.3) is 0 Å². The second-order valence-electron chi connectivity index (χ2n) is 11.6. The summed E-state index contributed by atoms with van der Waals surface area (Å²) in [7, 11) is 1.35. The van der Waals surface area contributed by atoms with Crippen LogP contribution >= 0.6 is 0 Å². The fraction of sp³-hybridized carbons (Fsp3) is 0.438. The van der Waals surface area contributed by atoms with Gasteiger partial charge in [0.1, 0.15) is 0 Å². The summed E-state index contributed by atoms with van der Waals surface area (Å²) in [4.78, 5) is 32.3. The molecule has 2 fully saturated rings. The summed E-state index contributed by atoms with van der Waals surface area (Å²) in [6, 6.07) is 5.57. The first-order valence-electron chi connectivity index (χ1n) is 13.9. The van der Waals surface area contributed by atoms with Crippen LogP contribution in [0, 0.1) is 19.3 Å². The van der Waals surface area contributed by atoms with Crippen molar-refractivity contribution in [3.63, 3.8) is 0 Å². The molecule has 2 aliphatic heterocycles. The predicted octanol–water partition coefficient (Wildman–Crippen LogP) is 7.69. The Morgan fingerprint density at radius 2 is 1.56 bits per heavy atom. The number of halogens is 6. The number of fused-ring (bicyclic) bond motifs is 1. The quantitative estimate of drug-likeness (QED) is 0.239. The molecule has 0 aromatic heterocycles. The zero-order valence-corrected chi connectivity index (χ0v) is 24.4. The second kappa shape index (κ2) is 11.7. The van der Waals surface area contributed by atoms with Crippen LogP contribution in [0.2, 0.25) is 0 Å². The van der Waals surface area contributed by atoms with Crippen LogP contribution in [0.3, 0.4) is 0 Å². The number of piperazine rings is 1. The van der Waals surface area contributed by atoms with E-state index >= 15 is 0 Å². The number of benzene rings is 2. The number of alkyl halides is 6. The van der Waals surface area contributed by atoms with Gasteiger partial charge in [-0.05, 0) is 68.0 Å². The molecular weight excluding hydrogens is 572 g/mol. The van der Waals surface area contributed by atoms with Crippen molar-refractivity contribution in [3.8, 4) is 0 Å². The van der Waals surface area contributed by atoms with Crippen LogP contribution in [0.4, 0.5) is 31.1 Å². The number of rotatable bonds is 7. The van der Waals surface area contributed by atoms with E-state index in [1.54, 1.807) is 22.0 Å². The van der Waals surface area contributed by atoms with E-state index in [0.29, 0.717) is 31.4 Å². The van der Waals surface area contributed by atoms with Gasteiger partial charge in [-0.3, -0.25) is 4.79 Å². The summed E-state index contributed by atoms with van der Waals surface area (Å²) in [5.74, 6) is -0.0452. The average molecular weight is 608 g/mol. The molecule has 5 nitrogen and oxygen atoms in total. The lowest BCUT2D eigenvalue weighted by Crippen LogP contribution is -2.57. The van der Waals surface area contributed by atoms with Gasteiger partial charge >= 0.3 is 18.4 Å². The third-order valence-electron chi connectivity index (χ3n) is 8.45. The summed E-state index contributed by atoms with van der Waals surface area (Å²) in [5.41, 5.74) is -1.22. The van der Waals surface area contributed by atoms with Crippen LogP contribution < -0.4 is 0 Å². The number of amides is 3. The van der Waals surface area contributed by atoms with E-state index in [-0.39, 0.29) is 30.6 Å². The molecule has 0 radical (unpaired) electrons. The van der Waals surface area contributed by atoms with E-state index in [2.05, 4.69) is 13.2 Å². The van der Waals surface area contributed by atoms with Gasteiger partial charge in [-0.15, -0.1) is 13.2 Å². The number of nitrogens with zero attached hydrogens (tertiary/aromatic N) is 3. The van der Waals surface area contributed by atoms with E-state index < -0.39 is 53.6 Å². The zero-order valence-electron chi connectivity index (χ0n) is 24.4. The van der Waals surface area contributed by atoms with Crippen molar-refractivity contribution in [3.05, 3.63) is 95.1 Å². The molecule has 2 aromatic rings. The molecule has 2 saturated heterocycles. The van der Waals surface area contributed by atoms with E-state index in [4.69, 9.17) is 0 Å². The Bertz CT molecular complexity index is 1370. The van der Waals surface area contributed by atoms with E-state index in [0.717, 1.165) is 21.6 Å². The van der Waals surface area contributed by atoms with Crippen molar-refractivity contribution in [1.82, 2.24) is 14.7 Å². The van der Waals surface area contributed by atoms with Crippen molar-refractivity contribution in [2.24, 2.45) is 5.41 Å². The molecule has 2 heterocycles. The number of carbonyl (C=O) groups excluding carboxylic acids is 2. The Kier molecular flexibility index (Phi) is 8.77. The summed E-state index contributed by atoms with van der Waals surface area (Å²) in [5, 5.41) is 0. The molecule has 0 bridgehead atoms. The van der Waals surface area contributed by atoms with E-state index in [9.17, 15) is 35.9 Å². The fourth-order valence-corrected chi connectivity index (χ4v) is 6.56. The molecule has 4 rings (SSSR count). The monoisotopic (exact) mass is 607 g/mol. The lowest BCUT2D eigenvalue weighted by atomic mass is 9.76. The SMILES string of the molecule is C=CCC1(CC=C)C[C@H]2[C@H](c3ccc(C)cc3C)N(C(=O)N(C)Cc3cc(C(F)(F)F)cc(C(F)(F)F)c3)CCN2C1=O. The number of aryl methyl sites for hydroxylation is 2. The van der Waals surface area contributed by atoms with Gasteiger partial charge in [0, 0.05) is 26.7 Å². The molecule has 232 valence electrons. The van der Waals surface area contributed by atoms with Crippen molar-refractivity contribution in [2.75, 3.05) is 20.1 Å². The van der Waals surface area contributed by atoms with Crippen LogP contribution in [0.25, 0.3) is 0 Å². The molecule has 0 unspecified atom stereocenters. The minimum absolute atomic E-state index is 0.0452. The van der Waals surface area contributed by atoms with Crippen molar-refractivity contribution >= 4 is 11.9 Å². The van der Waals surface area contributed by atoms with Gasteiger partial charge in [0.15, 0.2) is 0 Å². The van der Waals surface area contributed by atoms with Gasteiger partial charge < -0.3 is 14.7 Å². The van der Waals surface area contributed by atoms with Gasteiger partial charge in [0.05, 0.1) is 28.6 Å². The van der Waals surface area contributed by atoms with Gasteiger partial charge in [-0.25, -0.2) is 4.79 Å². The molecule has 2 atom stereocenters. The minimum Gasteiger partial charge on any atom is -0.335 e. The number of hydrogen-bond acceptors (Lipinski definition) is 2. The Balaban J connectivity index is 1.72. The zero-order chi connectivity index (χ0) is 31.9. The normalized spacial score (nSPS) is 20.2. The standard InChI is InChI=1S/C32H35F6N3O2/c1-6-10-30(11-7-2)18-26-27(25-9-8-20(3)14-21(25)4)41(13-12-40(26)28(30)42)29(43)39(5)19-22-15-23(31(33,34)35)17-24(16-22)32(36,37)38/h6-9,14-17,26-27H,1-2,10-13,18-19H2,3-5H3/t26-,27-/m0/s1. The van der Waals surface area contributed by atoms with Crippen LogP contribution in [0.1, 0.15) is 58.7 Å². The first kappa shape index (κ1) is 32.2. The average Bonchev–Trinajstić information content (AvgIpc) is 3.18. The van der Waals surface area contributed by atoms with Crippen molar-refractivity contribution < 1.29 is 35.9 Å². The number of carbonyl (C=O) groups is 2. The number of allylic oxidation sites excluding steroid dienone is 2. The molecule has 2 aliphatic rings. The maximum Gasteiger partial charge on any atom is 0.416 e. The highest BCUT2D eigenvalue weighted by Gasteiger charge is 2.56. The van der Waals surface area contributed by atoms with Crippen LogP contribution in [-0.2, 0) is 23.7 Å². The van der Waals surface area contributed by atoms with Crippen LogP contribution in [-0.4, -0.2) is 52.8 Å². The smallest absolute Gasteiger partial charge is 0.335 e. The number of hydrogen-bond donors (Lipinski definition) is 0. The molecular formula is C32H35F6N3O2. The van der Waals surface area contributed by atoms with Crippen LogP contribution in [0.5, 0.6) is 0 Å². The first-order valence-corrected chi connectivity index (χ1v) is 13.9. The molecule has 3 amide bonds. The molecule has 0 spiro atoms. The van der Waals surface area contributed by atoms with E-state index in [1.807, 2.05) is 32.0 Å². The summed E-state index contributed by atoms with van der Waals surface area (Å²) in [6.07, 6.45) is -5.31. The lowest BCUT2D eigenvalue weighted by Gasteiger charge is -2.46. The minimum atomic E-state index is -5.00. The molecule has 2 aromatic carbocycles. The summed E-state index contributed by atoms with van der Waals surface area (Å²) < 4.78 is 80.7. The van der Waals surface area contributed by atoms with E-state index in [1.165, 1.54) is 7.05 Å². The first-order chi connectivity index (χ1) is 20.0. The molecule has 11 heteroatoms. The highest BCUT2D eigenvalue weighted by Crippen LogP contribution is 2.49. The molecule has 0 aliphatic carbocycles. The van der Waals surface area contributed by atoms with Crippen molar-refractivity contribution in [2.45, 2.75) is 64.1 Å². The Labute approximate surface area is 247 Å². The Morgan fingerprint density at radius 3 is 2.07 bits per heavy atom. The largest absolute Gasteiger partial charge is 0.416 e. The molecule has 0 saturated carbocycles. The molecule has 43 heavy (non-hydrogen) atoms. The fourth-order valence-electron chi connectivity index (χ4n) is 6.56. The maximum absolute atomic E-state index is 14.0. The summed E-state index contributed by atoms with van der Waals surface area (Å²) in [6.45, 7) is 11.4. The second-order valence-corrected chi connectivity index (χ2v) is 11.6. The highest BCUT2D eigenvalue weighted by atomic mass is 19.4. The Hall–Kier alpha value is -3.76. The third-order valence-corrected chi connectivity index (χ3v) is 8.45. The topological polar surface area (TPSA) is 43.9 Å². The van der Waals surface area contributed by atoms with Gasteiger partial charge in [-0.1, -0.05) is 35.9 Å². The maximum atomic E-state index is 14.0. The van der Waals surface area contributed by atoms with Crippen LogP contribution in [0.15, 0.2) is 61.7 Å². The van der Waals surface area contributed by atoms with Gasteiger partial charge in [0.2, 0.25) is 5.91 Å². The highest BCUT2D eigenvalue weighted by molar-refractivity contribution is 5.87. The molecule has 0 N–H and O–H groups in total. The number of urea groups is 1. The lowest BCUT2D eigenvalue weighted by molar-refractivity contribution is -0.143. The summed E-state index contributed by atoms with van der Waals surface area (Å²) >= 11 is 0.